The average molecular weight is 290 g/mol. The van der Waals surface area contributed by atoms with Crippen LogP contribution in [0.5, 0.6) is 0 Å². The van der Waals surface area contributed by atoms with E-state index in [9.17, 15) is 9.59 Å². The van der Waals surface area contributed by atoms with Gasteiger partial charge in [0.15, 0.2) is 0 Å². The van der Waals surface area contributed by atoms with Gasteiger partial charge < -0.3 is 4.74 Å². The average Bonchev–Trinajstić information content (AvgIpc) is 2.20. The normalized spacial score (nSPS) is 10.9. The molecule has 0 atom stereocenters. The van der Waals surface area contributed by atoms with Crippen molar-refractivity contribution in [2.45, 2.75) is 26.4 Å². The van der Waals surface area contributed by atoms with Crippen LogP contribution in [0.25, 0.3) is 0 Å². The minimum absolute atomic E-state index is 0.176. The van der Waals surface area contributed by atoms with Crippen LogP contribution in [-0.2, 0) is 4.74 Å². The van der Waals surface area contributed by atoms with E-state index in [0.717, 1.165) is 0 Å². The molecular weight excluding hydrogens is 277 g/mol. The third kappa shape index (κ3) is 4.20. The second-order valence-electron chi connectivity index (χ2n) is 4.60. The molecule has 1 rings (SSSR count). The smallest absolute Gasteiger partial charge is 0.412 e. The van der Waals surface area contributed by atoms with Crippen molar-refractivity contribution < 1.29 is 14.3 Å². The molecule has 0 aliphatic heterocycles. The summed E-state index contributed by atoms with van der Waals surface area (Å²) in [6.45, 7) is 5.22. The highest BCUT2D eigenvalue weighted by Crippen LogP contribution is 2.31. The highest BCUT2D eigenvalue weighted by molar-refractivity contribution is 6.40. The molecule has 98 valence electrons. The van der Waals surface area contributed by atoms with Gasteiger partial charge in [0.1, 0.15) is 11.9 Å². The van der Waals surface area contributed by atoms with Crippen molar-refractivity contribution in [3.05, 3.63) is 27.7 Å². The van der Waals surface area contributed by atoms with Crippen LogP contribution in [0.2, 0.25) is 10.0 Å². The molecule has 0 spiro atoms. The van der Waals surface area contributed by atoms with E-state index in [2.05, 4.69) is 5.32 Å². The molecule has 0 radical (unpaired) electrons. The van der Waals surface area contributed by atoms with Crippen molar-refractivity contribution in [3.8, 4) is 0 Å². The van der Waals surface area contributed by atoms with E-state index < -0.39 is 11.7 Å². The Balaban J connectivity index is 2.92. The molecule has 0 aliphatic carbocycles. The number of hydrogen-bond acceptors (Lipinski definition) is 3. The van der Waals surface area contributed by atoms with Gasteiger partial charge in [-0.1, -0.05) is 23.2 Å². The summed E-state index contributed by atoms with van der Waals surface area (Å²) >= 11 is 11.8. The Morgan fingerprint density at radius 1 is 1.28 bits per heavy atom. The lowest BCUT2D eigenvalue weighted by Gasteiger charge is -2.20. The lowest BCUT2D eigenvalue weighted by molar-refractivity contribution is 0.0636. The first-order chi connectivity index (χ1) is 8.23. The first-order valence-electron chi connectivity index (χ1n) is 5.17. The molecule has 1 amide bonds. The summed E-state index contributed by atoms with van der Waals surface area (Å²) in [6, 6.07) is 2.82. The van der Waals surface area contributed by atoms with E-state index in [1.807, 2.05) is 0 Å². The van der Waals surface area contributed by atoms with Crippen LogP contribution in [0.15, 0.2) is 12.1 Å². The van der Waals surface area contributed by atoms with E-state index >= 15 is 0 Å². The van der Waals surface area contributed by atoms with Crippen molar-refractivity contribution in [1.29, 1.82) is 0 Å². The zero-order valence-electron chi connectivity index (χ0n) is 10.2. The second kappa shape index (κ2) is 5.59. The van der Waals surface area contributed by atoms with E-state index in [-0.39, 0.29) is 15.7 Å². The third-order valence-electron chi connectivity index (χ3n) is 1.83. The predicted molar refractivity (Wildman–Crippen MR) is 71.7 cm³/mol. The predicted octanol–water partition coefficient (Wildman–Crippen LogP) is 4.15. The lowest BCUT2D eigenvalue weighted by Crippen LogP contribution is -2.27. The highest BCUT2D eigenvalue weighted by Gasteiger charge is 2.18. The highest BCUT2D eigenvalue weighted by atomic mass is 35.5. The van der Waals surface area contributed by atoms with Gasteiger partial charge in [-0.3, -0.25) is 10.1 Å². The Hall–Kier alpha value is -1.26. The fraction of sp³-hybridized carbons (Fsp3) is 0.333. The molecule has 0 saturated carbocycles. The summed E-state index contributed by atoms with van der Waals surface area (Å²) < 4.78 is 5.07. The Morgan fingerprint density at radius 2 is 1.78 bits per heavy atom. The summed E-state index contributed by atoms with van der Waals surface area (Å²) in [5, 5.41) is 2.80. The molecule has 0 heterocycles. The molecule has 6 heteroatoms. The summed E-state index contributed by atoms with van der Waals surface area (Å²) in [6.07, 6.45) is -0.0418. The topological polar surface area (TPSA) is 55.4 Å². The molecule has 1 aromatic carbocycles. The van der Waals surface area contributed by atoms with E-state index in [0.29, 0.717) is 11.8 Å². The quantitative estimate of drug-likeness (QED) is 0.832. The summed E-state index contributed by atoms with van der Waals surface area (Å²) in [5.74, 6) is 0. The number of halogens is 2. The van der Waals surface area contributed by atoms with Gasteiger partial charge in [0.2, 0.25) is 0 Å². The first-order valence-corrected chi connectivity index (χ1v) is 5.93. The minimum atomic E-state index is -0.662. The number of nitrogens with one attached hydrogen (secondary N) is 1. The largest absolute Gasteiger partial charge is 0.444 e. The maximum atomic E-state index is 11.6. The fourth-order valence-electron chi connectivity index (χ4n) is 1.19. The first kappa shape index (κ1) is 14.8. The minimum Gasteiger partial charge on any atom is -0.444 e. The zero-order chi connectivity index (χ0) is 13.9. The van der Waals surface area contributed by atoms with Gasteiger partial charge in [-0.15, -0.1) is 0 Å². The van der Waals surface area contributed by atoms with Crippen LogP contribution >= 0.6 is 23.2 Å². The number of carbonyl (C=O) groups excluding carboxylic acids is 2. The number of rotatable bonds is 2. The Labute approximate surface area is 115 Å². The van der Waals surface area contributed by atoms with E-state index in [4.69, 9.17) is 27.9 Å². The number of benzene rings is 1. The summed E-state index contributed by atoms with van der Waals surface area (Å²) in [5.41, 5.74) is -0.0656. The molecule has 0 bridgehead atoms. The van der Waals surface area contributed by atoms with Gasteiger partial charge in [-0.25, -0.2) is 4.79 Å². The molecule has 0 aliphatic rings. The molecule has 0 unspecified atom stereocenters. The molecule has 1 N–H and O–H groups in total. The molecule has 18 heavy (non-hydrogen) atoms. The van der Waals surface area contributed by atoms with Crippen LogP contribution < -0.4 is 5.32 Å². The Morgan fingerprint density at radius 3 is 2.17 bits per heavy atom. The number of amides is 1. The maximum absolute atomic E-state index is 11.6. The van der Waals surface area contributed by atoms with Crippen molar-refractivity contribution in [2.75, 3.05) is 5.32 Å². The van der Waals surface area contributed by atoms with Crippen LogP contribution in [0, 0.1) is 0 Å². The molecule has 0 aromatic heterocycles. The van der Waals surface area contributed by atoms with Gasteiger partial charge in [0.05, 0.1) is 15.7 Å². The maximum Gasteiger partial charge on any atom is 0.412 e. The van der Waals surface area contributed by atoms with E-state index in [1.54, 1.807) is 20.8 Å². The monoisotopic (exact) mass is 289 g/mol. The summed E-state index contributed by atoms with van der Waals surface area (Å²) in [4.78, 5) is 22.2. The molecule has 0 saturated heterocycles. The fourth-order valence-corrected chi connectivity index (χ4v) is 1.78. The number of anilines is 1. The molecule has 1 aromatic rings. The van der Waals surface area contributed by atoms with Gasteiger partial charge in [-0.05, 0) is 32.9 Å². The van der Waals surface area contributed by atoms with Crippen LogP contribution in [-0.4, -0.2) is 18.0 Å². The van der Waals surface area contributed by atoms with Crippen molar-refractivity contribution >= 4 is 41.3 Å². The van der Waals surface area contributed by atoms with E-state index in [1.165, 1.54) is 12.1 Å². The van der Waals surface area contributed by atoms with Crippen LogP contribution in [0.4, 0.5) is 10.5 Å². The van der Waals surface area contributed by atoms with Gasteiger partial charge >= 0.3 is 6.09 Å². The van der Waals surface area contributed by atoms with Crippen molar-refractivity contribution in [3.63, 3.8) is 0 Å². The number of ether oxygens (including phenoxy) is 1. The molecular formula is C12H13Cl2NO3. The number of aldehydes is 1. The molecule has 0 fully saturated rings. The second-order valence-corrected chi connectivity index (χ2v) is 5.42. The van der Waals surface area contributed by atoms with Gasteiger partial charge in [0.25, 0.3) is 0 Å². The molecule has 4 nitrogen and oxygen atoms in total. The lowest BCUT2D eigenvalue weighted by atomic mass is 10.2. The Bertz CT molecular complexity index is 458. The van der Waals surface area contributed by atoms with Crippen LogP contribution in [0.3, 0.4) is 0 Å². The Kier molecular flexibility index (Phi) is 4.59. The van der Waals surface area contributed by atoms with Gasteiger partial charge in [-0.2, -0.15) is 0 Å². The van der Waals surface area contributed by atoms with Crippen molar-refractivity contribution in [2.24, 2.45) is 0 Å². The third-order valence-corrected chi connectivity index (χ3v) is 2.42. The number of hydrogen-bond donors (Lipinski definition) is 1. The zero-order valence-corrected chi connectivity index (χ0v) is 11.7. The van der Waals surface area contributed by atoms with Gasteiger partial charge in [0, 0.05) is 5.56 Å². The SMILES string of the molecule is CC(C)(C)OC(=O)Nc1c(Cl)cc(C=O)cc1Cl. The van der Waals surface area contributed by atoms with Crippen LogP contribution in [0.1, 0.15) is 31.1 Å². The van der Waals surface area contributed by atoms with Crippen molar-refractivity contribution in [1.82, 2.24) is 0 Å². The summed E-state index contributed by atoms with van der Waals surface area (Å²) in [7, 11) is 0. The standard InChI is InChI=1S/C12H13Cl2NO3/c1-12(2,3)18-11(17)15-10-8(13)4-7(6-16)5-9(10)14/h4-6H,1-3H3,(H,15,17). The number of carbonyl (C=O) groups is 2.